The number of thioether (sulfide) groups is 1. The Labute approximate surface area is 119 Å². The summed E-state index contributed by atoms with van der Waals surface area (Å²) in [4.78, 5) is 1.25. The van der Waals surface area contributed by atoms with Crippen LogP contribution in [-0.2, 0) is 7.05 Å². The minimum Gasteiger partial charge on any atom is -0.326 e. The maximum Gasteiger partial charge on any atom is 0.0533 e. The van der Waals surface area contributed by atoms with E-state index in [4.69, 9.17) is 5.73 Å². The van der Waals surface area contributed by atoms with Gasteiger partial charge in [0.2, 0.25) is 0 Å². The normalized spacial score (nSPS) is 14.3. The Bertz CT molecular complexity index is 518. The fourth-order valence-corrected chi connectivity index (χ4v) is 3.18. The van der Waals surface area contributed by atoms with Crippen molar-refractivity contribution >= 4 is 11.8 Å². The predicted octanol–water partition coefficient (Wildman–Crippen LogP) is 3.30. The molecule has 0 aliphatic carbocycles. The molecule has 102 valence electrons. The van der Waals surface area contributed by atoms with E-state index >= 15 is 0 Å². The van der Waals surface area contributed by atoms with Crippen LogP contribution in [0.5, 0.6) is 0 Å². The number of aryl methyl sites for hydroxylation is 2. The summed E-state index contributed by atoms with van der Waals surface area (Å²) in [6.07, 6.45) is 4.93. The van der Waals surface area contributed by atoms with Crippen LogP contribution in [0.4, 0.5) is 0 Å². The van der Waals surface area contributed by atoms with Crippen LogP contribution >= 0.6 is 11.8 Å². The molecule has 0 saturated heterocycles. The molecular formula is C15H21N3S. The fraction of sp³-hybridized carbons (Fsp3) is 0.400. The summed E-state index contributed by atoms with van der Waals surface area (Å²) in [5.41, 5.74) is 8.75. The van der Waals surface area contributed by atoms with Gasteiger partial charge in [0.25, 0.3) is 0 Å². The van der Waals surface area contributed by atoms with Crippen molar-refractivity contribution in [2.24, 2.45) is 12.8 Å². The Morgan fingerprint density at radius 1 is 1.32 bits per heavy atom. The van der Waals surface area contributed by atoms with Gasteiger partial charge in [0.15, 0.2) is 0 Å². The molecule has 2 N–H and O–H groups in total. The quantitative estimate of drug-likeness (QED) is 0.851. The second-order valence-corrected chi connectivity index (χ2v) is 6.09. The number of aromatic nitrogens is 2. The van der Waals surface area contributed by atoms with E-state index in [2.05, 4.69) is 49.4 Å². The fourth-order valence-electron chi connectivity index (χ4n) is 1.97. The summed E-state index contributed by atoms with van der Waals surface area (Å²) >= 11 is 1.82. The van der Waals surface area contributed by atoms with Gasteiger partial charge in [0.05, 0.1) is 11.4 Å². The van der Waals surface area contributed by atoms with Crippen LogP contribution in [0.15, 0.2) is 41.6 Å². The standard InChI is InChI=1S/C15H21N3S/c1-4-14(16)15(12-9-17-18(3)10-12)19-13-7-5-11(2)6-8-13/h5-10,14-15H,4,16H2,1-3H3. The first-order chi connectivity index (χ1) is 9.10. The first kappa shape index (κ1) is 14.2. The lowest BCUT2D eigenvalue weighted by molar-refractivity contribution is 0.633. The summed E-state index contributed by atoms with van der Waals surface area (Å²) < 4.78 is 1.83. The molecule has 0 radical (unpaired) electrons. The molecule has 2 atom stereocenters. The first-order valence-electron chi connectivity index (χ1n) is 6.57. The van der Waals surface area contributed by atoms with Gasteiger partial charge < -0.3 is 5.73 Å². The molecule has 19 heavy (non-hydrogen) atoms. The van der Waals surface area contributed by atoms with Gasteiger partial charge in [0.1, 0.15) is 0 Å². The molecule has 2 aromatic rings. The van der Waals surface area contributed by atoms with Crippen molar-refractivity contribution in [2.45, 2.75) is 36.5 Å². The largest absolute Gasteiger partial charge is 0.326 e. The lowest BCUT2D eigenvalue weighted by Crippen LogP contribution is -2.25. The van der Waals surface area contributed by atoms with Crippen molar-refractivity contribution < 1.29 is 0 Å². The second-order valence-electron chi connectivity index (χ2n) is 4.87. The molecule has 4 heteroatoms. The zero-order valence-electron chi connectivity index (χ0n) is 11.7. The molecule has 2 rings (SSSR count). The highest BCUT2D eigenvalue weighted by atomic mass is 32.2. The van der Waals surface area contributed by atoms with Crippen LogP contribution in [0, 0.1) is 6.92 Å². The summed E-state index contributed by atoms with van der Waals surface area (Å²) in [6, 6.07) is 8.73. The number of hydrogen-bond acceptors (Lipinski definition) is 3. The van der Waals surface area contributed by atoms with E-state index in [1.807, 2.05) is 29.7 Å². The van der Waals surface area contributed by atoms with Crippen LogP contribution in [-0.4, -0.2) is 15.8 Å². The van der Waals surface area contributed by atoms with Crippen molar-refractivity contribution in [2.75, 3.05) is 0 Å². The highest BCUT2D eigenvalue weighted by Crippen LogP contribution is 2.37. The molecule has 1 aromatic carbocycles. The Morgan fingerprint density at radius 2 is 2.00 bits per heavy atom. The monoisotopic (exact) mass is 275 g/mol. The molecular weight excluding hydrogens is 254 g/mol. The predicted molar refractivity (Wildman–Crippen MR) is 81.3 cm³/mol. The van der Waals surface area contributed by atoms with E-state index in [0.717, 1.165) is 6.42 Å². The minimum absolute atomic E-state index is 0.135. The molecule has 1 heterocycles. The molecule has 2 unspecified atom stereocenters. The van der Waals surface area contributed by atoms with Gasteiger partial charge in [-0.05, 0) is 25.5 Å². The average Bonchev–Trinajstić information content (AvgIpc) is 2.83. The van der Waals surface area contributed by atoms with Crippen molar-refractivity contribution in [3.63, 3.8) is 0 Å². The highest BCUT2D eigenvalue weighted by molar-refractivity contribution is 7.99. The molecule has 0 spiro atoms. The molecule has 0 amide bonds. The van der Waals surface area contributed by atoms with Crippen LogP contribution in [0.1, 0.15) is 29.7 Å². The third-order valence-corrected chi connectivity index (χ3v) is 4.62. The smallest absolute Gasteiger partial charge is 0.0533 e. The van der Waals surface area contributed by atoms with Gasteiger partial charge in [-0.15, -0.1) is 11.8 Å². The summed E-state index contributed by atoms with van der Waals surface area (Å²) in [5, 5.41) is 4.51. The molecule has 0 bridgehead atoms. The van der Waals surface area contributed by atoms with E-state index in [1.165, 1.54) is 16.0 Å². The van der Waals surface area contributed by atoms with Crippen molar-refractivity contribution in [3.8, 4) is 0 Å². The van der Waals surface area contributed by atoms with Gasteiger partial charge in [-0.2, -0.15) is 5.10 Å². The van der Waals surface area contributed by atoms with Crippen molar-refractivity contribution in [3.05, 3.63) is 47.8 Å². The second kappa shape index (κ2) is 6.26. The minimum atomic E-state index is 0.135. The van der Waals surface area contributed by atoms with Gasteiger partial charge >= 0.3 is 0 Å². The van der Waals surface area contributed by atoms with E-state index in [1.54, 1.807) is 0 Å². The Balaban J connectivity index is 2.21. The lowest BCUT2D eigenvalue weighted by Gasteiger charge is -2.21. The molecule has 0 saturated carbocycles. The van der Waals surface area contributed by atoms with Crippen molar-refractivity contribution in [1.82, 2.24) is 9.78 Å². The third kappa shape index (κ3) is 3.61. The maximum atomic E-state index is 6.28. The van der Waals surface area contributed by atoms with E-state index in [9.17, 15) is 0 Å². The molecule has 0 fully saturated rings. The van der Waals surface area contributed by atoms with Crippen LogP contribution in [0.25, 0.3) is 0 Å². The summed E-state index contributed by atoms with van der Waals surface area (Å²) in [5.74, 6) is 0. The van der Waals surface area contributed by atoms with E-state index in [0.29, 0.717) is 0 Å². The Kier molecular flexibility index (Phi) is 4.66. The van der Waals surface area contributed by atoms with Gasteiger partial charge in [-0.25, -0.2) is 0 Å². The van der Waals surface area contributed by atoms with Crippen LogP contribution in [0.2, 0.25) is 0 Å². The third-order valence-electron chi connectivity index (χ3n) is 3.20. The van der Waals surface area contributed by atoms with E-state index < -0.39 is 0 Å². The number of nitrogens with zero attached hydrogens (tertiary/aromatic N) is 2. The highest BCUT2D eigenvalue weighted by Gasteiger charge is 2.21. The first-order valence-corrected chi connectivity index (χ1v) is 7.45. The maximum absolute atomic E-state index is 6.28. The van der Waals surface area contributed by atoms with Crippen molar-refractivity contribution in [1.29, 1.82) is 0 Å². The summed E-state index contributed by atoms with van der Waals surface area (Å²) in [7, 11) is 1.94. The average molecular weight is 275 g/mol. The molecule has 3 nitrogen and oxygen atoms in total. The molecule has 0 aliphatic heterocycles. The number of rotatable bonds is 5. The van der Waals surface area contributed by atoms with Crippen LogP contribution < -0.4 is 5.73 Å². The zero-order valence-corrected chi connectivity index (χ0v) is 12.5. The number of nitrogens with two attached hydrogens (primary N) is 1. The molecule has 1 aromatic heterocycles. The van der Waals surface area contributed by atoms with Gasteiger partial charge in [-0.3, -0.25) is 4.68 Å². The zero-order chi connectivity index (χ0) is 13.8. The SMILES string of the molecule is CCC(N)C(Sc1ccc(C)cc1)c1cnn(C)c1. The van der Waals surface area contributed by atoms with Gasteiger partial charge in [-0.1, -0.05) is 24.6 Å². The Morgan fingerprint density at radius 3 is 2.53 bits per heavy atom. The lowest BCUT2D eigenvalue weighted by atomic mass is 10.1. The van der Waals surface area contributed by atoms with Gasteiger partial charge in [0, 0.05) is 29.7 Å². The number of hydrogen-bond donors (Lipinski definition) is 1. The Hall–Kier alpha value is -1.26. The number of benzene rings is 1. The van der Waals surface area contributed by atoms with Crippen LogP contribution in [0.3, 0.4) is 0 Å². The summed E-state index contributed by atoms with van der Waals surface area (Å²) in [6.45, 7) is 4.23. The van der Waals surface area contributed by atoms with E-state index in [-0.39, 0.29) is 11.3 Å². The molecule has 0 aliphatic rings. The topological polar surface area (TPSA) is 43.8 Å².